The third kappa shape index (κ3) is 4.06. The minimum absolute atomic E-state index is 0.0899. The number of nitrogens with zero attached hydrogens (tertiary/aromatic N) is 7. The van der Waals surface area contributed by atoms with Gasteiger partial charge in [0, 0.05) is 56.2 Å². The lowest BCUT2D eigenvalue weighted by Gasteiger charge is -2.37. The molecule has 3 fully saturated rings. The maximum atomic E-state index is 13.0. The molecule has 0 aromatic carbocycles. The molecule has 186 valence electrons. The molecular formula is C24H33N9O2. The molecule has 1 aliphatic carbocycles. The van der Waals surface area contributed by atoms with Gasteiger partial charge in [-0.2, -0.15) is 4.98 Å². The Hall–Kier alpha value is -3.05. The second-order valence-corrected chi connectivity index (χ2v) is 10.4. The van der Waals surface area contributed by atoms with E-state index in [1.165, 1.54) is 0 Å². The van der Waals surface area contributed by atoms with Crippen LogP contribution < -0.4 is 21.3 Å². The van der Waals surface area contributed by atoms with Crippen LogP contribution in [0.4, 0.5) is 17.7 Å². The summed E-state index contributed by atoms with van der Waals surface area (Å²) in [5, 5.41) is 0. The average Bonchev–Trinajstić information content (AvgIpc) is 3.52. The molecule has 3 aliphatic heterocycles. The van der Waals surface area contributed by atoms with Gasteiger partial charge in [0.25, 0.3) is 0 Å². The monoisotopic (exact) mass is 479 g/mol. The van der Waals surface area contributed by atoms with E-state index in [0.717, 1.165) is 74.5 Å². The summed E-state index contributed by atoms with van der Waals surface area (Å²) in [5.74, 6) is 2.32. The second kappa shape index (κ2) is 8.56. The molecule has 35 heavy (non-hydrogen) atoms. The highest BCUT2D eigenvalue weighted by molar-refractivity contribution is 5.83. The van der Waals surface area contributed by atoms with E-state index >= 15 is 0 Å². The van der Waals surface area contributed by atoms with Crippen LogP contribution in [0.15, 0.2) is 12.4 Å². The molecule has 1 amide bonds. The van der Waals surface area contributed by atoms with Gasteiger partial charge in [-0.3, -0.25) is 4.79 Å². The van der Waals surface area contributed by atoms with E-state index in [2.05, 4.69) is 26.7 Å². The summed E-state index contributed by atoms with van der Waals surface area (Å²) < 4.78 is 5.55. The highest BCUT2D eigenvalue weighted by Gasteiger charge is 2.46. The first kappa shape index (κ1) is 22.4. The van der Waals surface area contributed by atoms with E-state index in [9.17, 15) is 4.79 Å². The number of amides is 1. The Morgan fingerprint density at radius 2 is 1.89 bits per heavy atom. The molecule has 11 heteroatoms. The third-order valence-corrected chi connectivity index (χ3v) is 7.88. The quantitative estimate of drug-likeness (QED) is 0.621. The number of hydrogen-bond acceptors (Lipinski definition) is 10. The SMILES string of the molecule is C[C@]1(N2CCc3c(-c4cnc(N)nc4)nc(N4CCOCC4)nc32)CCN(C(=O)[C@H](N)C2CC2)C1. The van der Waals surface area contributed by atoms with Crippen molar-refractivity contribution in [2.75, 3.05) is 61.5 Å². The topological polar surface area (TPSA) is 140 Å². The number of aromatic nitrogens is 4. The first-order valence-corrected chi connectivity index (χ1v) is 12.6. The Balaban J connectivity index is 1.34. The number of carbonyl (C=O) groups excluding carboxylic acids is 1. The maximum absolute atomic E-state index is 13.0. The number of ether oxygens (including phenoxy) is 1. The number of morpholine rings is 1. The summed E-state index contributed by atoms with van der Waals surface area (Å²) in [6, 6.07) is -0.365. The molecule has 2 atom stereocenters. The number of nitrogens with two attached hydrogens (primary N) is 2. The fourth-order valence-corrected chi connectivity index (χ4v) is 5.59. The number of likely N-dealkylation sites (tertiary alicyclic amines) is 1. The Bertz CT molecular complexity index is 1120. The lowest BCUT2D eigenvalue weighted by atomic mass is 9.99. The van der Waals surface area contributed by atoms with Gasteiger partial charge in [0.2, 0.25) is 17.8 Å². The zero-order valence-corrected chi connectivity index (χ0v) is 20.2. The second-order valence-electron chi connectivity index (χ2n) is 10.4. The highest BCUT2D eigenvalue weighted by atomic mass is 16.5. The van der Waals surface area contributed by atoms with E-state index in [4.69, 9.17) is 26.2 Å². The van der Waals surface area contributed by atoms with E-state index in [1.807, 2.05) is 4.90 Å². The summed E-state index contributed by atoms with van der Waals surface area (Å²) in [4.78, 5) is 38.0. The molecule has 4 aliphatic rings. The third-order valence-electron chi connectivity index (χ3n) is 7.88. The van der Waals surface area contributed by atoms with Crippen molar-refractivity contribution in [1.82, 2.24) is 24.8 Å². The van der Waals surface area contributed by atoms with Gasteiger partial charge in [0.1, 0.15) is 5.82 Å². The van der Waals surface area contributed by atoms with Crippen molar-refractivity contribution in [3.8, 4) is 11.3 Å². The van der Waals surface area contributed by atoms with Crippen molar-refractivity contribution < 1.29 is 9.53 Å². The molecule has 2 aromatic heterocycles. The van der Waals surface area contributed by atoms with E-state index in [-0.39, 0.29) is 23.4 Å². The van der Waals surface area contributed by atoms with Crippen molar-refractivity contribution in [3.63, 3.8) is 0 Å². The molecule has 4 N–H and O–H groups in total. The normalized spacial score (nSPS) is 25.1. The molecular weight excluding hydrogens is 446 g/mol. The number of hydrogen-bond donors (Lipinski definition) is 2. The first-order chi connectivity index (χ1) is 16.9. The minimum atomic E-state index is -0.365. The van der Waals surface area contributed by atoms with E-state index < -0.39 is 0 Å². The zero-order valence-electron chi connectivity index (χ0n) is 20.2. The van der Waals surface area contributed by atoms with Crippen LogP contribution >= 0.6 is 0 Å². The summed E-state index contributed by atoms with van der Waals surface area (Å²) >= 11 is 0. The standard InChI is InChI=1S/C24H33N9O2/c1-24(5-7-32(14-24)21(34)18(25)15-2-3-15)33-6-4-17-19(16-12-27-22(26)28-13-16)29-23(30-20(17)33)31-8-10-35-11-9-31/h12-13,15,18H,2-11,14,25H2,1H3,(H2,26,27,28)/t18-,24+/m1/s1. The van der Waals surface area contributed by atoms with Crippen molar-refractivity contribution in [3.05, 3.63) is 18.0 Å². The van der Waals surface area contributed by atoms with Crippen molar-refractivity contribution in [1.29, 1.82) is 0 Å². The van der Waals surface area contributed by atoms with E-state index in [1.54, 1.807) is 12.4 Å². The number of rotatable bonds is 5. The molecule has 2 aromatic rings. The molecule has 1 saturated carbocycles. The Morgan fingerprint density at radius 1 is 1.14 bits per heavy atom. The molecule has 0 bridgehead atoms. The van der Waals surface area contributed by atoms with Crippen LogP contribution in [0.3, 0.4) is 0 Å². The van der Waals surface area contributed by atoms with Crippen molar-refractivity contribution >= 4 is 23.6 Å². The number of nitrogen functional groups attached to an aromatic ring is 1. The van der Waals surface area contributed by atoms with Crippen molar-refractivity contribution in [2.45, 2.75) is 44.2 Å². The molecule has 0 unspecified atom stereocenters. The molecule has 0 spiro atoms. The van der Waals surface area contributed by atoms with Gasteiger partial charge in [-0.1, -0.05) is 0 Å². The number of anilines is 3. The minimum Gasteiger partial charge on any atom is -0.378 e. The first-order valence-electron chi connectivity index (χ1n) is 12.6. The summed E-state index contributed by atoms with van der Waals surface area (Å²) in [6.45, 7) is 7.24. The van der Waals surface area contributed by atoms with Crippen LogP contribution in [0.2, 0.25) is 0 Å². The predicted molar refractivity (Wildman–Crippen MR) is 132 cm³/mol. The van der Waals surface area contributed by atoms with Gasteiger partial charge in [0.05, 0.1) is 30.5 Å². The number of fused-ring (bicyclic) bond motifs is 1. The fraction of sp³-hybridized carbons (Fsp3) is 0.625. The Labute approximate surface area is 204 Å². The lowest BCUT2D eigenvalue weighted by molar-refractivity contribution is -0.132. The van der Waals surface area contributed by atoms with E-state index in [0.29, 0.717) is 31.6 Å². The van der Waals surface area contributed by atoms with Crippen molar-refractivity contribution in [2.24, 2.45) is 11.7 Å². The van der Waals surface area contributed by atoms with Gasteiger partial charge in [-0.05, 0) is 38.5 Å². The highest BCUT2D eigenvalue weighted by Crippen LogP contribution is 2.42. The van der Waals surface area contributed by atoms with Crippen LogP contribution in [-0.4, -0.2) is 88.3 Å². The van der Waals surface area contributed by atoms with Crippen LogP contribution in [0.5, 0.6) is 0 Å². The largest absolute Gasteiger partial charge is 0.378 e. The van der Waals surface area contributed by atoms with Gasteiger partial charge in [-0.15, -0.1) is 0 Å². The number of carbonyl (C=O) groups is 1. The summed E-state index contributed by atoms with van der Waals surface area (Å²) in [5.41, 5.74) is 14.6. The van der Waals surface area contributed by atoms with Crippen LogP contribution in [0.25, 0.3) is 11.3 Å². The summed E-state index contributed by atoms with van der Waals surface area (Å²) in [7, 11) is 0. The molecule has 11 nitrogen and oxygen atoms in total. The molecule has 6 rings (SSSR count). The zero-order chi connectivity index (χ0) is 24.2. The fourth-order valence-electron chi connectivity index (χ4n) is 5.59. The van der Waals surface area contributed by atoms with Crippen LogP contribution in [0.1, 0.15) is 31.7 Å². The average molecular weight is 480 g/mol. The van der Waals surface area contributed by atoms with Gasteiger partial charge < -0.3 is 30.9 Å². The van der Waals surface area contributed by atoms with Crippen LogP contribution in [-0.2, 0) is 16.0 Å². The maximum Gasteiger partial charge on any atom is 0.239 e. The van der Waals surface area contributed by atoms with Gasteiger partial charge in [-0.25, -0.2) is 15.0 Å². The predicted octanol–water partition coefficient (Wildman–Crippen LogP) is 0.443. The molecule has 0 radical (unpaired) electrons. The Morgan fingerprint density at radius 3 is 2.60 bits per heavy atom. The van der Waals surface area contributed by atoms with Gasteiger partial charge in [0.15, 0.2) is 0 Å². The molecule has 5 heterocycles. The smallest absolute Gasteiger partial charge is 0.239 e. The lowest BCUT2D eigenvalue weighted by Crippen LogP contribution is -2.51. The summed E-state index contributed by atoms with van der Waals surface area (Å²) in [6.07, 6.45) is 7.30. The Kier molecular flexibility index (Phi) is 5.48. The van der Waals surface area contributed by atoms with Gasteiger partial charge >= 0.3 is 0 Å². The van der Waals surface area contributed by atoms with Crippen LogP contribution in [0, 0.1) is 5.92 Å². The molecule has 2 saturated heterocycles.